The van der Waals surface area contributed by atoms with Crippen molar-refractivity contribution in [2.75, 3.05) is 6.61 Å². The molecule has 7 heteroatoms. The largest absolute Gasteiger partial charge is 0.462 e. The summed E-state index contributed by atoms with van der Waals surface area (Å²) in [6, 6.07) is 1.01. The molecule has 0 aliphatic carbocycles. The molecule has 0 unspecified atom stereocenters. The van der Waals surface area contributed by atoms with E-state index in [9.17, 15) is 14.9 Å². The lowest BCUT2D eigenvalue weighted by atomic mass is 10.3. The van der Waals surface area contributed by atoms with Gasteiger partial charge in [0.05, 0.1) is 17.7 Å². The molecule has 0 aromatic carbocycles. The van der Waals surface area contributed by atoms with E-state index in [0.29, 0.717) is 0 Å². The first-order valence-electron chi connectivity index (χ1n) is 4.03. The molecule has 1 rings (SSSR count). The van der Waals surface area contributed by atoms with Crippen molar-refractivity contribution in [3.63, 3.8) is 0 Å². The van der Waals surface area contributed by atoms with Crippen molar-refractivity contribution in [1.29, 1.82) is 0 Å². The van der Waals surface area contributed by atoms with Crippen LogP contribution in [0.5, 0.6) is 0 Å². The molecular formula is C8H7ClN2O4. The first kappa shape index (κ1) is 11.4. The molecule has 0 saturated heterocycles. The topological polar surface area (TPSA) is 82.3 Å². The molecule has 6 nitrogen and oxygen atoms in total. The molecule has 1 aromatic heterocycles. The number of halogens is 1. The third-order valence-corrected chi connectivity index (χ3v) is 1.83. The Morgan fingerprint density at radius 2 is 2.40 bits per heavy atom. The van der Waals surface area contributed by atoms with Gasteiger partial charge in [-0.25, -0.2) is 4.79 Å². The van der Waals surface area contributed by atoms with Crippen molar-refractivity contribution in [2.24, 2.45) is 0 Å². The number of pyridine rings is 1. The van der Waals surface area contributed by atoms with Gasteiger partial charge in [0, 0.05) is 0 Å². The van der Waals surface area contributed by atoms with Crippen LogP contribution in [0.25, 0.3) is 0 Å². The number of carbonyl (C=O) groups excluding carboxylic acids is 1. The van der Waals surface area contributed by atoms with Crippen LogP contribution in [-0.2, 0) is 4.74 Å². The van der Waals surface area contributed by atoms with Gasteiger partial charge in [0.15, 0.2) is 6.20 Å². The molecule has 1 aromatic rings. The molecule has 0 fully saturated rings. The van der Waals surface area contributed by atoms with E-state index < -0.39 is 16.7 Å². The first-order valence-corrected chi connectivity index (χ1v) is 4.41. The second-order valence-electron chi connectivity index (χ2n) is 2.50. The second kappa shape index (κ2) is 4.70. The predicted molar refractivity (Wildman–Crippen MR) is 51.9 cm³/mol. The van der Waals surface area contributed by atoms with Crippen molar-refractivity contribution in [3.05, 3.63) is 33.0 Å². The van der Waals surface area contributed by atoms with Gasteiger partial charge in [-0.1, -0.05) is 11.6 Å². The van der Waals surface area contributed by atoms with Gasteiger partial charge in [0.2, 0.25) is 0 Å². The van der Waals surface area contributed by atoms with Crippen molar-refractivity contribution < 1.29 is 14.5 Å². The summed E-state index contributed by atoms with van der Waals surface area (Å²) in [6.45, 7) is 1.84. The summed E-state index contributed by atoms with van der Waals surface area (Å²) in [5.41, 5.74) is 0.0177. The fourth-order valence-corrected chi connectivity index (χ4v) is 1.10. The van der Waals surface area contributed by atoms with E-state index >= 15 is 0 Å². The molecule has 0 spiro atoms. The number of hydrogen-bond donors (Lipinski definition) is 0. The molecule has 0 aliphatic rings. The van der Waals surface area contributed by atoms with E-state index in [4.69, 9.17) is 11.6 Å². The second-order valence-corrected chi connectivity index (χ2v) is 2.91. The number of ether oxygens (including phenoxy) is 1. The minimum atomic E-state index is -0.694. The third kappa shape index (κ3) is 2.63. The number of esters is 1. The van der Waals surface area contributed by atoms with Gasteiger partial charge in [0.1, 0.15) is 5.56 Å². The van der Waals surface area contributed by atoms with E-state index in [-0.39, 0.29) is 17.2 Å². The number of rotatable bonds is 3. The van der Waals surface area contributed by atoms with Crippen molar-refractivity contribution >= 4 is 23.4 Å². The average molecular weight is 231 g/mol. The first-order chi connectivity index (χ1) is 7.06. The normalized spacial score (nSPS) is 9.73. The summed E-state index contributed by atoms with van der Waals surface area (Å²) in [6.07, 6.45) is 1.03. The standard InChI is InChI=1S/C8H7ClN2O4/c1-2-15-8(12)5-4-10-7(11(13)14)3-6(5)9/h3-4H,2H2,1H3. The summed E-state index contributed by atoms with van der Waals surface area (Å²) in [7, 11) is 0. The highest BCUT2D eigenvalue weighted by Gasteiger charge is 2.17. The summed E-state index contributed by atoms with van der Waals surface area (Å²) in [4.78, 5) is 24.3. The number of hydrogen-bond acceptors (Lipinski definition) is 5. The van der Waals surface area contributed by atoms with Gasteiger partial charge < -0.3 is 14.9 Å². The van der Waals surface area contributed by atoms with Crippen molar-refractivity contribution in [2.45, 2.75) is 6.92 Å². The maximum absolute atomic E-state index is 11.2. The maximum atomic E-state index is 11.2. The molecule has 0 N–H and O–H groups in total. The highest BCUT2D eigenvalue weighted by Crippen LogP contribution is 2.20. The average Bonchev–Trinajstić information content (AvgIpc) is 2.17. The van der Waals surface area contributed by atoms with Gasteiger partial charge in [0.25, 0.3) is 0 Å². The van der Waals surface area contributed by atoms with Crippen LogP contribution in [0.3, 0.4) is 0 Å². The molecule has 0 aliphatic heterocycles. The molecule has 15 heavy (non-hydrogen) atoms. The Labute approximate surface area is 90.0 Å². The van der Waals surface area contributed by atoms with Crippen LogP contribution in [-0.4, -0.2) is 22.5 Å². The zero-order valence-electron chi connectivity index (χ0n) is 7.77. The van der Waals surface area contributed by atoms with Crippen LogP contribution < -0.4 is 0 Å². The maximum Gasteiger partial charge on any atom is 0.364 e. The van der Waals surface area contributed by atoms with Crippen LogP contribution in [0.15, 0.2) is 12.3 Å². The van der Waals surface area contributed by atoms with E-state index in [1.54, 1.807) is 6.92 Å². The van der Waals surface area contributed by atoms with Crippen LogP contribution in [0.1, 0.15) is 17.3 Å². The fourth-order valence-electron chi connectivity index (χ4n) is 0.880. The Balaban J connectivity index is 3.03. The summed E-state index contributed by atoms with van der Waals surface area (Å²) >= 11 is 5.66. The van der Waals surface area contributed by atoms with Crippen LogP contribution in [0.4, 0.5) is 5.82 Å². The van der Waals surface area contributed by atoms with E-state index in [2.05, 4.69) is 9.72 Å². The smallest absolute Gasteiger partial charge is 0.364 e. The van der Waals surface area contributed by atoms with Gasteiger partial charge >= 0.3 is 11.8 Å². The van der Waals surface area contributed by atoms with Gasteiger partial charge in [-0.05, 0) is 16.8 Å². The zero-order chi connectivity index (χ0) is 11.4. The molecule has 0 radical (unpaired) electrons. The van der Waals surface area contributed by atoms with Gasteiger partial charge in [-0.2, -0.15) is 0 Å². The zero-order valence-corrected chi connectivity index (χ0v) is 8.52. The lowest BCUT2D eigenvalue weighted by Gasteiger charge is -2.01. The third-order valence-electron chi connectivity index (χ3n) is 1.52. The predicted octanol–water partition coefficient (Wildman–Crippen LogP) is 1.82. The minimum absolute atomic E-state index is 0.0177. The lowest BCUT2D eigenvalue weighted by Crippen LogP contribution is -2.06. The van der Waals surface area contributed by atoms with Gasteiger partial charge in [-0.15, -0.1) is 0 Å². The van der Waals surface area contributed by atoms with Crippen molar-refractivity contribution in [1.82, 2.24) is 4.98 Å². The highest BCUT2D eigenvalue weighted by molar-refractivity contribution is 6.33. The Bertz CT molecular complexity index is 408. The van der Waals surface area contributed by atoms with Crippen LogP contribution in [0, 0.1) is 10.1 Å². The Kier molecular flexibility index (Phi) is 3.56. The number of aromatic nitrogens is 1. The van der Waals surface area contributed by atoms with Crippen molar-refractivity contribution in [3.8, 4) is 0 Å². The van der Waals surface area contributed by atoms with E-state index in [1.807, 2.05) is 0 Å². The lowest BCUT2D eigenvalue weighted by molar-refractivity contribution is -0.389. The van der Waals surface area contributed by atoms with Crippen LogP contribution >= 0.6 is 11.6 Å². The van der Waals surface area contributed by atoms with Gasteiger partial charge in [-0.3, -0.25) is 0 Å². The summed E-state index contributed by atoms with van der Waals surface area (Å²) < 4.78 is 4.68. The molecular weight excluding hydrogens is 224 g/mol. The van der Waals surface area contributed by atoms with E-state index in [0.717, 1.165) is 12.3 Å². The number of carbonyl (C=O) groups is 1. The summed E-state index contributed by atoms with van der Waals surface area (Å²) in [5.74, 6) is -1.06. The Hall–Kier alpha value is -1.69. The molecule has 0 bridgehead atoms. The highest BCUT2D eigenvalue weighted by atomic mass is 35.5. The summed E-state index contributed by atoms with van der Waals surface area (Å²) in [5, 5.41) is 10.3. The molecule has 0 atom stereocenters. The minimum Gasteiger partial charge on any atom is -0.462 e. The number of nitro groups is 1. The monoisotopic (exact) mass is 230 g/mol. The Morgan fingerprint density at radius 1 is 1.73 bits per heavy atom. The SMILES string of the molecule is CCOC(=O)c1cnc([N+](=O)[O-])cc1Cl. The van der Waals surface area contributed by atoms with E-state index in [1.165, 1.54) is 0 Å². The number of nitrogens with zero attached hydrogens (tertiary/aromatic N) is 2. The Morgan fingerprint density at radius 3 is 2.87 bits per heavy atom. The van der Waals surface area contributed by atoms with Crippen LogP contribution in [0.2, 0.25) is 5.02 Å². The molecule has 0 amide bonds. The molecule has 1 heterocycles. The quantitative estimate of drug-likeness (QED) is 0.449. The molecule has 80 valence electrons. The molecule has 0 saturated carbocycles. The fraction of sp³-hybridized carbons (Fsp3) is 0.250.